The van der Waals surface area contributed by atoms with Crippen molar-refractivity contribution in [3.05, 3.63) is 23.8 Å². The molecule has 1 aliphatic heterocycles. The molecule has 0 aromatic carbocycles. The molecule has 14 heteroatoms. The summed E-state index contributed by atoms with van der Waals surface area (Å²) >= 11 is 0. The Labute approximate surface area is 332 Å². The minimum atomic E-state index is -4.89. The Morgan fingerprint density at radius 3 is 1.84 bits per heavy atom. The number of allylic oxidation sites excluding steroid dienone is 3. The van der Waals surface area contributed by atoms with Gasteiger partial charge in [-0.2, -0.15) is 8.42 Å². The first-order valence-corrected chi connectivity index (χ1v) is 22.6. The highest BCUT2D eigenvalue weighted by molar-refractivity contribution is 7.80. The molecule has 1 rings (SSSR count). The van der Waals surface area contributed by atoms with E-state index in [9.17, 15) is 38.7 Å². The zero-order chi connectivity index (χ0) is 40.9. The van der Waals surface area contributed by atoms with Crippen molar-refractivity contribution in [2.45, 2.75) is 217 Å². The van der Waals surface area contributed by atoms with Gasteiger partial charge in [-0.15, -0.1) is 0 Å². The lowest BCUT2D eigenvalue weighted by Gasteiger charge is -2.40. The van der Waals surface area contributed by atoms with Gasteiger partial charge in [-0.25, -0.2) is 4.18 Å². The largest absolute Gasteiger partial charge is 0.397 e. The highest BCUT2D eigenvalue weighted by Gasteiger charge is 2.45. The number of hydrogen-bond donors (Lipinski definition) is 7. The molecule has 0 saturated carbocycles. The number of amides is 1. The van der Waals surface area contributed by atoms with E-state index in [0.29, 0.717) is 12.8 Å². The van der Waals surface area contributed by atoms with E-state index in [1.54, 1.807) is 6.08 Å². The van der Waals surface area contributed by atoms with Crippen LogP contribution in [-0.4, -0.2) is 107 Å². The van der Waals surface area contributed by atoms with Crippen molar-refractivity contribution in [2.75, 3.05) is 13.2 Å². The van der Waals surface area contributed by atoms with Gasteiger partial charge in [0.15, 0.2) is 6.29 Å². The van der Waals surface area contributed by atoms with Gasteiger partial charge in [-0.05, 0) is 39.0 Å². The highest BCUT2D eigenvalue weighted by Crippen LogP contribution is 2.23. The van der Waals surface area contributed by atoms with Crippen LogP contribution in [0.5, 0.6) is 0 Å². The number of rotatable bonds is 34. The number of carbonyl (C=O) groups is 1. The van der Waals surface area contributed by atoms with Crippen LogP contribution in [0.3, 0.4) is 0 Å². The number of aliphatic hydroxyl groups is 5. The maximum Gasteiger partial charge on any atom is 0.397 e. The average molecular weight is 808 g/mol. The number of carbonyl (C=O) groups excluding carboxylic acids is 1. The van der Waals surface area contributed by atoms with E-state index >= 15 is 0 Å². The summed E-state index contributed by atoms with van der Waals surface area (Å²) in [5.41, 5.74) is 1.32. The van der Waals surface area contributed by atoms with Crippen molar-refractivity contribution in [2.24, 2.45) is 0 Å². The third-order valence-corrected chi connectivity index (χ3v) is 10.6. The fourth-order valence-corrected chi connectivity index (χ4v) is 6.92. The van der Waals surface area contributed by atoms with Crippen molar-refractivity contribution in [3.8, 4) is 0 Å². The molecule has 0 bridgehead atoms. The van der Waals surface area contributed by atoms with Crippen molar-refractivity contribution in [1.82, 2.24) is 5.32 Å². The van der Waals surface area contributed by atoms with Gasteiger partial charge < -0.3 is 40.3 Å². The average Bonchev–Trinajstić information content (AvgIpc) is 3.14. The van der Waals surface area contributed by atoms with E-state index in [1.807, 2.05) is 0 Å². The van der Waals surface area contributed by atoms with E-state index < -0.39 is 78.5 Å². The maximum absolute atomic E-state index is 13.0. The molecule has 7 N–H and O–H groups in total. The van der Waals surface area contributed by atoms with Crippen LogP contribution >= 0.6 is 0 Å². The summed E-state index contributed by atoms with van der Waals surface area (Å²) in [6, 6.07) is -1.11. The number of unbranched alkanes of at least 4 members (excludes halogenated alkanes) is 18. The highest BCUT2D eigenvalue weighted by atomic mass is 32.3. The van der Waals surface area contributed by atoms with Gasteiger partial charge in [-0.3, -0.25) is 9.35 Å². The minimum Gasteiger partial charge on any atom is -0.387 e. The van der Waals surface area contributed by atoms with E-state index in [-0.39, 0.29) is 6.42 Å². The number of nitrogens with one attached hydrogen (secondary N) is 1. The molecule has 8 atom stereocenters. The number of ether oxygens (including phenoxy) is 2. The van der Waals surface area contributed by atoms with Gasteiger partial charge in [0.1, 0.15) is 30.5 Å². The molecule has 13 nitrogen and oxygen atoms in total. The van der Waals surface area contributed by atoms with Crippen LogP contribution < -0.4 is 5.32 Å². The first kappa shape index (κ1) is 51.6. The van der Waals surface area contributed by atoms with Gasteiger partial charge in [0.05, 0.1) is 25.4 Å². The third-order valence-electron chi connectivity index (χ3n) is 10.2. The summed E-state index contributed by atoms with van der Waals surface area (Å²) in [6.07, 6.45) is 19.8. The van der Waals surface area contributed by atoms with Crippen molar-refractivity contribution < 1.29 is 57.0 Å². The first-order valence-electron chi connectivity index (χ1n) is 21.2. The van der Waals surface area contributed by atoms with E-state index in [1.165, 1.54) is 108 Å². The summed E-state index contributed by atoms with van der Waals surface area (Å²) in [4.78, 5) is 13.0. The molecule has 0 unspecified atom stereocenters. The Morgan fingerprint density at radius 2 is 1.29 bits per heavy atom. The Kier molecular flexibility index (Phi) is 29.5. The lowest BCUT2D eigenvalue weighted by atomic mass is 9.99. The molecule has 1 fully saturated rings. The molecule has 1 saturated heterocycles. The van der Waals surface area contributed by atoms with Gasteiger partial charge in [-0.1, -0.05) is 153 Å². The molecule has 1 amide bonds. The second-order valence-corrected chi connectivity index (χ2v) is 16.4. The molecule has 0 radical (unpaired) electrons. The summed E-state index contributed by atoms with van der Waals surface area (Å²) in [5.74, 6) is -0.701. The van der Waals surface area contributed by atoms with Crippen LogP contribution in [0.25, 0.3) is 0 Å². The summed E-state index contributed by atoms with van der Waals surface area (Å²) in [7, 11) is -4.89. The molecule has 0 spiro atoms. The van der Waals surface area contributed by atoms with Gasteiger partial charge >= 0.3 is 10.4 Å². The molecular weight excluding hydrogens is 731 g/mol. The molecule has 1 heterocycles. The SMILES string of the molecule is CCCCCCCCCCCCCC[C@@H](O)C(=O)N[C@@H](CO[C@@H]1O[C@H](COS(=O)(=O)O)[C@@H](O)[C@H](O)[C@H]1O)[C@H](O)/C=C/CC/C=C(\C)CCCCCCCCC. The molecular formula is C41H77NO12S. The van der Waals surface area contributed by atoms with Crippen LogP contribution in [-0.2, 0) is 28.9 Å². The van der Waals surface area contributed by atoms with Crippen LogP contribution in [0.1, 0.15) is 168 Å². The Hall–Kier alpha value is -1.46. The van der Waals surface area contributed by atoms with Gasteiger partial charge in [0.25, 0.3) is 0 Å². The smallest absolute Gasteiger partial charge is 0.387 e. The quantitative estimate of drug-likeness (QED) is 0.0215. The monoisotopic (exact) mass is 808 g/mol. The van der Waals surface area contributed by atoms with Crippen molar-refractivity contribution in [3.63, 3.8) is 0 Å². The molecule has 1 aliphatic rings. The standard InChI is InChI=1S/C41H77NO12S/c1-4-6-8-10-12-13-14-15-16-18-20-24-29-35(44)40(48)42-33(30-52-41-39(47)38(46)37(45)36(54-41)31-53-55(49,50)51)34(43)28-25-21-23-27-32(3)26-22-19-17-11-9-7-5-2/h25,27-28,33-39,41,43-47H,4-24,26,29-31H2,1-3H3,(H,42,48)(H,49,50,51)/b28-25+,32-27+/t33-,34+,35+,36+,37+,38-,39+,41+/m0/s1. The van der Waals surface area contributed by atoms with Crippen LogP contribution in [0.15, 0.2) is 23.8 Å². The summed E-state index contributed by atoms with van der Waals surface area (Å²) in [6.45, 7) is 5.23. The summed E-state index contributed by atoms with van der Waals surface area (Å²) in [5, 5.41) is 55.4. The van der Waals surface area contributed by atoms with Crippen LogP contribution in [0, 0.1) is 0 Å². The molecule has 0 aliphatic carbocycles. The summed E-state index contributed by atoms with van der Waals surface area (Å²) < 4.78 is 46.3. The van der Waals surface area contributed by atoms with Crippen molar-refractivity contribution >= 4 is 16.3 Å². The predicted octanol–water partition coefficient (Wildman–Crippen LogP) is 6.35. The second kappa shape index (κ2) is 31.5. The van der Waals surface area contributed by atoms with E-state index in [0.717, 1.165) is 32.1 Å². The van der Waals surface area contributed by atoms with Gasteiger partial charge in [0.2, 0.25) is 5.91 Å². The Balaban J connectivity index is 2.71. The molecule has 0 aromatic rings. The van der Waals surface area contributed by atoms with Crippen molar-refractivity contribution in [1.29, 1.82) is 0 Å². The van der Waals surface area contributed by atoms with E-state index in [4.69, 9.17) is 14.0 Å². The van der Waals surface area contributed by atoms with Crippen LogP contribution in [0.4, 0.5) is 0 Å². The lowest BCUT2D eigenvalue weighted by molar-refractivity contribution is -0.301. The molecule has 55 heavy (non-hydrogen) atoms. The number of hydrogen-bond acceptors (Lipinski definition) is 11. The predicted molar refractivity (Wildman–Crippen MR) is 215 cm³/mol. The van der Waals surface area contributed by atoms with E-state index in [2.05, 4.69) is 36.3 Å². The Morgan fingerprint density at radius 1 is 0.764 bits per heavy atom. The zero-order valence-corrected chi connectivity index (χ0v) is 34.9. The van der Waals surface area contributed by atoms with Gasteiger partial charge in [0, 0.05) is 0 Å². The lowest BCUT2D eigenvalue weighted by Crippen LogP contribution is -2.60. The zero-order valence-electron chi connectivity index (χ0n) is 34.1. The normalized spacial score (nSPS) is 22.6. The second-order valence-electron chi connectivity index (χ2n) is 15.3. The maximum atomic E-state index is 13.0. The van der Waals surface area contributed by atoms with Crippen LogP contribution in [0.2, 0.25) is 0 Å². The fourth-order valence-electron chi connectivity index (χ4n) is 6.62. The number of aliphatic hydroxyl groups excluding tert-OH is 5. The fraction of sp³-hybridized carbons (Fsp3) is 0.878. The molecule has 0 aromatic heterocycles. The Bertz CT molecular complexity index is 1140. The first-order chi connectivity index (χ1) is 26.3. The molecule has 324 valence electrons. The third kappa shape index (κ3) is 25.5. The minimum absolute atomic E-state index is 0.247. The topological polar surface area (TPSA) is 212 Å².